The Bertz CT molecular complexity index is 1330. The lowest BCUT2D eigenvalue weighted by Gasteiger charge is -2.08. The third-order valence-electron chi connectivity index (χ3n) is 4.64. The fourth-order valence-corrected chi connectivity index (χ4v) is 3.08. The molecule has 4 aromatic rings. The van der Waals surface area contributed by atoms with Crippen LogP contribution in [0.3, 0.4) is 0 Å². The highest BCUT2D eigenvalue weighted by Gasteiger charge is 2.25. The van der Waals surface area contributed by atoms with Crippen LogP contribution < -0.4 is 20.6 Å². The number of phenols is 1. The first kappa shape index (κ1) is 22.3. The van der Waals surface area contributed by atoms with Crippen molar-refractivity contribution in [3.8, 4) is 34.3 Å². The van der Waals surface area contributed by atoms with Crippen molar-refractivity contribution in [2.45, 2.75) is 6.92 Å². The summed E-state index contributed by atoms with van der Waals surface area (Å²) in [6, 6.07) is 11.8. The zero-order chi connectivity index (χ0) is 24.1. The van der Waals surface area contributed by atoms with Gasteiger partial charge in [-0.15, -0.1) is 5.10 Å². The molecule has 4 rings (SSSR count). The number of nitrogens with zero attached hydrogens (tertiary/aromatic N) is 6. The monoisotopic (exact) mass is 464 g/mol. The van der Waals surface area contributed by atoms with Crippen molar-refractivity contribution in [1.29, 1.82) is 0 Å². The molecule has 0 aliphatic rings. The molecule has 0 spiro atoms. The highest BCUT2D eigenvalue weighted by molar-refractivity contribution is 5.99. The molecule has 174 valence electrons. The zero-order valence-electron chi connectivity index (χ0n) is 18.2. The summed E-state index contributed by atoms with van der Waals surface area (Å²) in [5.74, 6) is 0.189. The molecule has 2 aromatic carbocycles. The number of benzene rings is 2. The highest BCUT2D eigenvalue weighted by atomic mass is 16.6. The molecule has 0 saturated carbocycles. The molecule has 0 fully saturated rings. The molecule has 2 heterocycles. The first-order valence-electron chi connectivity index (χ1n) is 10.00. The van der Waals surface area contributed by atoms with E-state index in [0.717, 1.165) is 0 Å². The van der Waals surface area contributed by atoms with Gasteiger partial charge in [0, 0.05) is 11.1 Å². The third kappa shape index (κ3) is 4.34. The standard InChI is InChI=1S/C21H20N8O5/c1-3-33-14-9-7-12(8-10-14)17-16(24-28-29(17)20-19(22)26-34-27-20)21(31)25-23-11-13-5-4-6-15(32-2)18(13)30/h4-11,30H,3H2,1-2H3,(H2,22,26)(H,25,31). The van der Waals surface area contributed by atoms with Gasteiger partial charge in [0.25, 0.3) is 5.91 Å². The van der Waals surface area contributed by atoms with E-state index >= 15 is 0 Å². The first-order chi connectivity index (χ1) is 16.5. The maximum absolute atomic E-state index is 12.9. The second kappa shape index (κ2) is 9.68. The predicted octanol–water partition coefficient (Wildman–Crippen LogP) is 1.78. The van der Waals surface area contributed by atoms with Crippen LogP contribution in [0, 0.1) is 0 Å². The molecule has 0 bridgehead atoms. The van der Waals surface area contributed by atoms with Gasteiger partial charge < -0.3 is 20.3 Å². The van der Waals surface area contributed by atoms with Gasteiger partial charge in [-0.3, -0.25) is 4.79 Å². The number of hydrogen-bond donors (Lipinski definition) is 3. The van der Waals surface area contributed by atoms with Gasteiger partial charge in [-0.2, -0.15) is 9.78 Å². The van der Waals surface area contributed by atoms with E-state index in [2.05, 4.69) is 35.8 Å². The Morgan fingerprint density at radius 2 is 2.06 bits per heavy atom. The van der Waals surface area contributed by atoms with E-state index in [4.69, 9.17) is 15.2 Å². The molecular formula is C21H20N8O5. The van der Waals surface area contributed by atoms with E-state index in [1.54, 1.807) is 42.5 Å². The number of carbonyl (C=O) groups is 1. The molecule has 13 heteroatoms. The Morgan fingerprint density at radius 1 is 1.26 bits per heavy atom. The molecule has 0 unspecified atom stereocenters. The summed E-state index contributed by atoms with van der Waals surface area (Å²) in [7, 11) is 1.43. The second-order valence-electron chi connectivity index (χ2n) is 6.73. The number of carbonyl (C=O) groups excluding carboxylic acids is 1. The molecule has 13 nitrogen and oxygen atoms in total. The third-order valence-corrected chi connectivity index (χ3v) is 4.64. The quantitative estimate of drug-likeness (QED) is 0.257. The number of phenolic OH excluding ortho intramolecular Hbond substituents is 1. The van der Waals surface area contributed by atoms with E-state index in [-0.39, 0.29) is 34.5 Å². The molecule has 0 saturated heterocycles. The number of rotatable bonds is 8. The highest BCUT2D eigenvalue weighted by Crippen LogP contribution is 2.29. The van der Waals surface area contributed by atoms with Gasteiger partial charge in [0.15, 0.2) is 17.2 Å². The first-order valence-corrected chi connectivity index (χ1v) is 10.00. The minimum atomic E-state index is -0.663. The van der Waals surface area contributed by atoms with Crippen molar-refractivity contribution in [3.05, 3.63) is 53.7 Å². The summed E-state index contributed by atoms with van der Waals surface area (Å²) in [6.45, 7) is 2.38. The number of para-hydroxylation sites is 1. The Balaban J connectivity index is 1.67. The van der Waals surface area contributed by atoms with Crippen molar-refractivity contribution in [2.75, 3.05) is 19.5 Å². The lowest BCUT2D eigenvalue weighted by Crippen LogP contribution is -2.19. The minimum absolute atomic E-state index is 0.0319. The number of hydrazone groups is 1. The molecular weight excluding hydrogens is 444 g/mol. The lowest BCUT2D eigenvalue weighted by atomic mass is 10.1. The summed E-state index contributed by atoms with van der Waals surface area (Å²) in [5, 5.41) is 29.3. The SMILES string of the molecule is CCOc1ccc(-c2c(C(=O)NN=Cc3cccc(OC)c3O)nnn2-c2nonc2N)cc1. The second-order valence-corrected chi connectivity index (χ2v) is 6.73. The number of amides is 1. The molecule has 0 aliphatic heterocycles. The smallest absolute Gasteiger partial charge is 0.294 e. The molecule has 34 heavy (non-hydrogen) atoms. The maximum Gasteiger partial charge on any atom is 0.294 e. The Morgan fingerprint density at radius 3 is 2.74 bits per heavy atom. The number of hydrogen-bond acceptors (Lipinski definition) is 11. The van der Waals surface area contributed by atoms with Gasteiger partial charge in [0.2, 0.25) is 11.6 Å². The molecule has 4 N–H and O–H groups in total. The number of nitrogen functional groups attached to an aromatic ring is 1. The molecule has 2 aromatic heterocycles. The van der Waals surface area contributed by atoms with Crippen LogP contribution >= 0.6 is 0 Å². The number of aromatic nitrogens is 5. The Kier molecular flexibility index (Phi) is 6.34. The largest absolute Gasteiger partial charge is 0.504 e. The normalized spacial score (nSPS) is 11.0. The van der Waals surface area contributed by atoms with Crippen molar-refractivity contribution in [3.63, 3.8) is 0 Å². The maximum atomic E-state index is 12.9. The van der Waals surface area contributed by atoms with Crippen LogP contribution in [0.2, 0.25) is 0 Å². The van der Waals surface area contributed by atoms with Crippen molar-refractivity contribution < 1.29 is 24.0 Å². The van der Waals surface area contributed by atoms with E-state index < -0.39 is 5.91 Å². The topological polar surface area (TPSA) is 176 Å². The number of nitrogens with one attached hydrogen (secondary N) is 1. The zero-order valence-corrected chi connectivity index (χ0v) is 18.2. The van der Waals surface area contributed by atoms with E-state index in [0.29, 0.717) is 23.5 Å². The molecule has 0 atom stereocenters. The summed E-state index contributed by atoms with van der Waals surface area (Å²) in [5.41, 5.74) is 9.34. The number of ether oxygens (including phenoxy) is 2. The number of nitrogens with two attached hydrogens (primary N) is 1. The van der Waals surface area contributed by atoms with Gasteiger partial charge in [-0.25, -0.2) is 10.1 Å². The van der Waals surface area contributed by atoms with Gasteiger partial charge in [-0.05, 0) is 53.6 Å². The predicted molar refractivity (Wildman–Crippen MR) is 120 cm³/mol. The van der Waals surface area contributed by atoms with Gasteiger partial charge in [0.05, 0.1) is 19.9 Å². The summed E-state index contributed by atoms with van der Waals surface area (Å²) < 4.78 is 16.4. The van der Waals surface area contributed by atoms with E-state index in [9.17, 15) is 9.90 Å². The summed E-state index contributed by atoms with van der Waals surface area (Å²) >= 11 is 0. The number of aromatic hydroxyl groups is 1. The number of methoxy groups -OCH3 is 1. The molecule has 1 amide bonds. The van der Waals surface area contributed by atoms with Crippen molar-refractivity contribution in [1.82, 2.24) is 30.7 Å². The Hall–Kier alpha value is -4.94. The fourth-order valence-electron chi connectivity index (χ4n) is 3.08. The van der Waals surface area contributed by atoms with Crippen LogP contribution in [0.5, 0.6) is 17.2 Å². The van der Waals surface area contributed by atoms with Gasteiger partial charge in [-0.1, -0.05) is 11.3 Å². The van der Waals surface area contributed by atoms with Crippen molar-refractivity contribution in [2.24, 2.45) is 5.10 Å². The summed E-state index contributed by atoms with van der Waals surface area (Å²) in [4.78, 5) is 12.9. The minimum Gasteiger partial charge on any atom is -0.504 e. The average molecular weight is 464 g/mol. The van der Waals surface area contributed by atoms with Crippen LogP contribution in [0.25, 0.3) is 17.1 Å². The van der Waals surface area contributed by atoms with Crippen molar-refractivity contribution >= 4 is 17.9 Å². The van der Waals surface area contributed by atoms with Gasteiger partial charge >= 0.3 is 0 Å². The van der Waals surface area contributed by atoms with Crippen LogP contribution in [0.4, 0.5) is 5.82 Å². The van der Waals surface area contributed by atoms with Crippen LogP contribution in [-0.2, 0) is 0 Å². The van der Waals surface area contributed by atoms with E-state index in [1.165, 1.54) is 18.0 Å². The van der Waals surface area contributed by atoms with Gasteiger partial charge in [0.1, 0.15) is 11.4 Å². The molecule has 0 aliphatic carbocycles. The average Bonchev–Trinajstić information content (AvgIpc) is 3.47. The fraction of sp³-hybridized carbons (Fsp3) is 0.143. The number of anilines is 1. The van der Waals surface area contributed by atoms with E-state index in [1.807, 2.05) is 6.92 Å². The Labute approximate surface area is 192 Å². The molecule has 0 radical (unpaired) electrons. The summed E-state index contributed by atoms with van der Waals surface area (Å²) in [6.07, 6.45) is 1.27. The van der Waals surface area contributed by atoms with Crippen LogP contribution in [-0.4, -0.2) is 56.3 Å². The van der Waals surface area contributed by atoms with Crippen LogP contribution in [0.15, 0.2) is 52.2 Å². The van der Waals surface area contributed by atoms with Crippen LogP contribution in [0.1, 0.15) is 23.0 Å². The lowest BCUT2D eigenvalue weighted by molar-refractivity contribution is 0.0950.